The molecule has 2 rings (SSSR count). The third kappa shape index (κ3) is 5.81. The number of nitrogens with two attached hydrogens (primary N) is 1. The zero-order chi connectivity index (χ0) is 15.3. The van der Waals surface area contributed by atoms with Gasteiger partial charge >= 0.3 is 0 Å². The number of likely N-dealkylation sites (tertiary alicyclic amines) is 1. The van der Waals surface area contributed by atoms with Crippen LogP contribution < -0.4 is 5.73 Å². The highest BCUT2D eigenvalue weighted by atomic mass is 79.9. The minimum Gasteiger partial charge on any atom is -0.330 e. The Kier molecular flexibility index (Phi) is 8.35. The van der Waals surface area contributed by atoms with E-state index in [1.54, 1.807) is 24.3 Å². The molecule has 1 aliphatic heterocycles. The van der Waals surface area contributed by atoms with Crippen molar-refractivity contribution in [3.63, 3.8) is 0 Å². The molecule has 0 saturated carbocycles. The molecule has 2 N–H and O–H groups in total. The van der Waals surface area contributed by atoms with Crippen LogP contribution in [0.3, 0.4) is 0 Å². The minimum absolute atomic E-state index is 0. The van der Waals surface area contributed by atoms with Gasteiger partial charge in [-0.2, -0.15) is 0 Å². The first kappa shape index (κ1) is 19.9. The fraction of sp³-hybridized carbons (Fsp3) is 0.600. The maximum atomic E-state index is 12.3. The number of piperidine rings is 1. The van der Waals surface area contributed by atoms with Crippen LogP contribution >= 0.6 is 28.3 Å². The van der Waals surface area contributed by atoms with Crippen molar-refractivity contribution in [2.45, 2.75) is 24.2 Å². The Bertz CT molecular complexity index is 549. The van der Waals surface area contributed by atoms with Gasteiger partial charge in [0.25, 0.3) is 0 Å². The second-order valence-corrected chi connectivity index (χ2v) is 8.68. The summed E-state index contributed by atoms with van der Waals surface area (Å²) in [6.45, 7) is 3.30. The normalized spacial score (nSPS) is 19.6. The zero-order valence-electron chi connectivity index (χ0n) is 12.6. The average Bonchev–Trinajstić information content (AvgIpc) is 2.47. The summed E-state index contributed by atoms with van der Waals surface area (Å²) < 4.78 is 25.6. The van der Waals surface area contributed by atoms with E-state index in [4.69, 9.17) is 5.73 Å². The summed E-state index contributed by atoms with van der Waals surface area (Å²) in [5.74, 6) is 0.809. The SMILES string of the molecule is Cl.NCCC1CCCN(CCS(=O)(=O)c2ccc(Br)cc2)C1. The molecule has 0 amide bonds. The van der Waals surface area contributed by atoms with Crippen molar-refractivity contribution in [2.75, 3.05) is 31.9 Å². The maximum Gasteiger partial charge on any atom is 0.179 e. The van der Waals surface area contributed by atoms with Crippen LogP contribution in [0, 0.1) is 5.92 Å². The molecule has 0 radical (unpaired) electrons. The largest absolute Gasteiger partial charge is 0.330 e. The molecular weight excluding hydrogens is 388 g/mol. The number of benzene rings is 1. The van der Waals surface area contributed by atoms with Gasteiger partial charge < -0.3 is 10.6 Å². The standard InChI is InChI=1S/C15H23BrN2O2S.ClH/c16-14-3-5-15(6-4-14)21(19,20)11-10-18-9-1-2-13(12-18)7-8-17;/h3-6,13H,1-2,7-12,17H2;1H. The topological polar surface area (TPSA) is 63.4 Å². The molecule has 0 spiro atoms. The average molecular weight is 412 g/mol. The first-order chi connectivity index (χ1) is 10.0. The van der Waals surface area contributed by atoms with Gasteiger partial charge in [0.2, 0.25) is 0 Å². The van der Waals surface area contributed by atoms with Gasteiger partial charge in [-0.15, -0.1) is 12.4 Å². The zero-order valence-corrected chi connectivity index (χ0v) is 15.8. The van der Waals surface area contributed by atoms with Crippen molar-refractivity contribution in [3.8, 4) is 0 Å². The predicted molar refractivity (Wildman–Crippen MR) is 96.3 cm³/mol. The molecule has 1 aromatic rings. The fourth-order valence-corrected chi connectivity index (χ4v) is 4.38. The summed E-state index contributed by atoms with van der Waals surface area (Å²) >= 11 is 3.32. The van der Waals surface area contributed by atoms with Crippen LogP contribution in [0.4, 0.5) is 0 Å². The third-order valence-corrected chi connectivity index (χ3v) is 6.27. The van der Waals surface area contributed by atoms with Crippen LogP contribution in [0.15, 0.2) is 33.6 Å². The summed E-state index contributed by atoms with van der Waals surface area (Å²) in [4.78, 5) is 2.67. The van der Waals surface area contributed by atoms with Crippen molar-refractivity contribution in [1.29, 1.82) is 0 Å². The van der Waals surface area contributed by atoms with E-state index in [9.17, 15) is 8.42 Å². The second kappa shape index (κ2) is 9.23. The first-order valence-electron chi connectivity index (χ1n) is 7.42. The Morgan fingerprint density at radius 3 is 2.59 bits per heavy atom. The highest BCUT2D eigenvalue weighted by molar-refractivity contribution is 9.10. The highest BCUT2D eigenvalue weighted by Crippen LogP contribution is 2.20. The van der Waals surface area contributed by atoms with Gasteiger partial charge in [-0.05, 0) is 62.5 Å². The summed E-state index contributed by atoms with van der Waals surface area (Å²) in [5.41, 5.74) is 5.62. The lowest BCUT2D eigenvalue weighted by Gasteiger charge is -2.32. The van der Waals surface area contributed by atoms with E-state index in [2.05, 4.69) is 20.8 Å². The lowest BCUT2D eigenvalue weighted by atomic mass is 9.95. The van der Waals surface area contributed by atoms with Crippen molar-refractivity contribution in [1.82, 2.24) is 4.90 Å². The lowest BCUT2D eigenvalue weighted by Crippen LogP contribution is -2.38. The molecular formula is C15H24BrClN2O2S. The molecule has 7 heteroatoms. The van der Waals surface area contributed by atoms with E-state index in [0.29, 0.717) is 17.4 Å². The second-order valence-electron chi connectivity index (χ2n) is 5.66. The third-order valence-electron chi connectivity index (χ3n) is 4.03. The molecule has 4 nitrogen and oxygen atoms in total. The van der Waals surface area contributed by atoms with Gasteiger partial charge in [0.1, 0.15) is 0 Å². The van der Waals surface area contributed by atoms with Crippen LogP contribution in [0.1, 0.15) is 19.3 Å². The van der Waals surface area contributed by atoms with Gasteiger partial charge in [0, 0.05) is 17.6 Å². The molecule has 0 bridgehead atoms. The quantitative estimate of drug-likeness (QED) is 0.782. The van der Waals surface area contributed by atoms with E-state index in [0.717, 1.165) is 36.9 Å². The Labute approximate surface area is 147 Å². The van der Waals surface area contributed by atoms with Crippen molar-refractivity contribution < 1.29 is 8.42 Å². The van der Waals surface area contributed by atoms with Crippen molar-refractivity contribution >= 4 is 38.2 Å². The monoisotopic (exact) mass is 410 g/mol. The van der Waals surface area contributed by atoms with E-state index in [-0.39, 0.29) is 18.2 Å². The Morgan fingerprint density at radius 2 is 1.95 bits per heavy atom. The smallest absolute Gasteiger partial charge is 0.179 e. The Balaban J connectivity index is 0.00000242. The number of hydrogen-bond donors (Lipinski definition) is 1. The summed E-state index contributed by atoms with van der Waals surface area (Å²) in [6.07, 6.45) is 3.39. The van der Waals surface area contributed by atoms with E-state index < -0.39 is 9.84 Å². The molecule has 1 aliphatic rings. The number of hydrogen-bond acceptors (Lipinski definition) is 4. The Hall–Kier alpha value is -0.140. The molecule has 0 aliphatic carbocycles. The van der Waals surface area contributed by atoms with Crippen molar-refractivity contribution in [2.24, 2.45) is 11.7 Å². The van der Waals surface area contributed by atoms with Crippen LogP contribution in [-0.4, -0.2) is 45.2 Å². The summed E-state index contributed by atoms with van der Waals surface area (Å²) in [5, 5.41) is 0. The molecule has 1 atom stereocenters. The number of rotatable bonds is 6. The van der Waals surface area contributed by atoms with Crippen molar-refractivity contribution in [3.05, 3.63) is 28.7 Å². The molecule has 1 aromatic carbocycles. The fourth-order valence-electron chi connectivity index (χ4n) is 2.83. The lowest BCUT2D eigenvalue weighted by molar-refractivity contribution is 0.178. The summed E-state index contributed by atoms with van der Waals surface area (Å²) in [6, 6.07) is 6.86. The number of nitrogens with zero attached hydrogens (tertiary/aromatic N) is 1. The molecule has 1 unspecified atom stereocenters. The summed E-state index contributed by atoms with van der Waals surface area (Å²) in [7, 11) is -3.19. The van der Waals surface area contributed by atoms with Gasteiger partial charge in [0.05, 0.1) is 10.6 Å². The van der Waals surface area contributed by atoms with Crippen LogP contribution in [0.25, 0.3) is 0 Å². The molecule has 126 valence electrons. The predicted octanol–water partition coefficient (Wildman–Crippen LogP) is 2.71. The molecule has 22 heavy (non-hydrogen) atoms. The molecule has 1 saturated heterocycles. The van der Waals surface area contributed by atoms with Crippen LogP contribution in [0.5, 0.6) is 0 Å². The van der Waals surface area contributed by atoms with Crippen LogP contribution in [-0.2, 0) is 9.84 Å². The van der Waals surface area contributed by atoms with Gasteiger partial charge in [-0.1, -0.05) is 15.9 Å². The van der Waals surface area contributed by atoms with E-state index in [1.807, 2.05) is 0 Å². The molecule has 1 heterocycles. The van der Waals surface area contributed by atoms with Gasteiger partial charge in [-0.3, -0.25) is 0 Å². The highest BCUT2D eigenvalue weighted by Gasteiger charge is 2.22. The number of sulfone groups is 1. The maximum absolute atomic E-state index is 12.3. The molecule has 1 fully saturated rings. The van der Waals surface area contributed by atoms with Crippen LogP contribution in [0.2, 0.25) is 0 Å². The van der Waals surface area contributed by atoms with E-state index >= 15 is 0 Å². The van der Waals surface area contributed by atoms with Gasteiger partial charge in [-0.25, -0.2) is 8.42 Å². The Morgan fingerprint density at radius 1 is 1.27 bits per heavy atom. The minimum atomic E-state index is -3.19. The molecule has 0 aromatic heterocycles. The first-order valence-corrected chi connectivity index (χ1v) is 9.86. The number of halogens is 2. The van der Waals surface area contributed by atoms with E-state index in [1.165, 1.54) is 6.42 Å². The van der Waals surface area contributed by atoms with Gasteiger partial charge in [0.15, 0.2) is 9.84 Å².